The Morgan fingerprint density at radius 3 is 1.50 bits per heavy atom. The van der Waals surface area contributed by atoms with Crippen LogP contribution in [0, 0.1) is 17.5 Å². The first-order chi connectivity index (χ1) is 20.1. The van der Waals surface area contributed by atoms with Gasteiger partial charge in [0.25, 0.3) is 0 Å². The van der Waals surface area contributed by atoms with Gasteiger partial charge in [0.15, 0.2) is 5.82 Å². The molecule has 0 aliphatic heterocycles. The van der Waals surface area contributed by atoms with Gasteiger partial charge in [-0.1, -0.05) is 81.1 Å². The number of hydrogen-bond donors (Lipinski definition) is 2. The number of alkyl halides is 1. The fourth-order valence-corrected chi connectivity index (χ4v) is 2.87. The van der Waals surface area contributed by atoms with E-state index in [1.54, 1.807) is 0 Å². The quantitative estimate of drug-likeness (QED) is 0.198. The highest BCUT2D eigenvalue weighted by Gasteiger charge is 2.11. The maximum absolute atomic E-state index is 13.1. The SMILES string of the molecule is BrP(Br)Br.CCOCC.O=C(O)c1cccc(Cl)c1F.[2H]C([2H])(Br)c1cccc(Cl)c1F.[2H]C([2H])(O)c1cccc(Cl)c1F. The second-order valence-corrected chi connectivity index (χ2v) is 23.2. The van der Waals surface area contributed by atoms with Crippen LogP contribution in [0.5, 0.6) is 0 Å². The van der Waals surface area contributed by atoms with Crippen LogP contribution in [0.1, 0.15) is 40.8 Å². The Hall–Kier alpha value is 0.0600. The van der Waals surface area contributed by atoms with Crippen LogP contribution in [-0.2, 0) is 16.6 Å². The van der Waals surface area contributed by atoms with Crippen LogP contribution >= 0.6 is 101 Å². The molecule has 0 spiro atoms. The van der Waals surface area contributed by atoms with Crippen LogP contribution in [0.2, 0.25) is 15.1 Å². The van der Waals surface area contributed by atoms with Gasteiger partial charge < -0.3 is 14.9 Å². The summed E-state index contributed by atoms with van der Waals surface area (Å²) in [5.41, 5.74) is -0.942. The van der Waals surface area contributed by atoms with Crippen LogP contribution in [0.3, 0.4) is 0 Å². The lowest BCUT2D eigenvalue weighted by Crippen LogP contribution is -1.99. The number of carboxylic acids is 1. The number of rotatable bonds is 5. The number of aliphatic hydroxyl groups is 1. The normalized spacial score (nSPS) is 11.8. The molecule has 2 N–H and O–H groups in total. The molecule has 0 fully saturated rings. The van der Waals surface area contributed by atoms with E-state index in [2.05, 4.69) is 62.4 Å². The molecule has 40 heavy (non-hydrogen) atoms. The molecule has 15 heteroatoms. The molecule has 3 aromatic rings. The van der Waals surface area contributed by atoms with Crippen molar-refractivity contribution in [1.82, 2.24) is 0 Å². The van der Waals surface area contributed by atoms with Crippen molar-refractivity contribution in [2.45, 2.75) is 25.7 Å². The molecule has 0 heterocycles. The van der Waals surface area contributed by atoms with E-state index in [0.717, 1.165) is 25.3 Å². The predicted molar refractivity (Wildman–Crippen MR) is 176 cm³/mol. The van der Waals surface area contributed by atoms with Crippen molar-refractivity contribution in [3.8, 4) is 0 Å². The van der Waals surface area contributed by atoms with E-state index >= 15 is 0 Å². The summed E-state index contributed by atoms with van der Waals surface area (Å²) in [6.07, 6.45) is 0. The molecule has 0 aliphatic rings. The van der Waals surface area contributed by atoms with Gasteiger partial charge in [0.05, 0.1) is 29.9 Å². The summed E-state index contributed by atoms with van der Waals surface area (Å²) >= 11 is 28.4. The van der Waals surface area contributed by atoms with Gasteiger partial charge in [0, 0.05) is 26.8 Å². The van der Waals surface area contributed by atoms with Crippen molar-refractivity contribution in [1.29, 1.82) is 0 Å². The first-order valence-corrected chi connectivity index (χ1v) is 19.8. The number of aromatic carboxylic acids is 1. The second-order valence-electron chi connectivity index (χ2n) is 6.29. The number of carbonyl (C=O) groups is 1. The average Bonchev–Trinajstić information content (AvgIpc) is 2.89. The van der Waals surface area contributed by atoms with Gasteiger partial charge in [-0.25, -0.2) is 18.0 Å². The minimum Gasteiger partial charge on any atom is -0.478 e. The van der Waals surface area contributed by atoms with Gasteiger partial charge in [-0.05, 0) is 90.1 Å². The zero-order valence-corrected chi connectivity index (χ0v) is 30.1. The molecule has 3 rings (SSSR count). The number of carboxylic acid groups (broad SMARTS) is 1. The number of ether oxygens (including phenoxy) is 1. The van der Waals surface area contributed by atoms with Gasteiger partial charge >= 0.3 is 5.97 Å². The standard InChI is InChI=1S/C7H5BrClF.C7H4ClFO2.C7H6ClFO.C4H10O.Br3P/c8-4-5-2-1-3-6(9)7(5)10;8-5-3-1-2-4(6(5)9)7(10)11;8-6-3-1-2-5(4-10)7(6)9;1-3-5-4-2;1-4(2)3/h1-3H,4H2;1-3H,(H,10,11);1-3,10H,4H2;3-4H2,1-2H3;/i4D2;;4D2;;. The Balaban J connectivity index is 0. The highest BCUT2D eigenvalue weighted by atomic mass is 80.0. The maximum Gasteiger partial charge on any atom is 0.338 e. The molecule has 0 amide bonds. The molecule has 0 unspecified atom stereocenters. The predicted octanol–water partition coefficient (Wildman–Crippen LogP) is 12.0. The van der Waals surface area contributed by atoms with E-state index in [0.29, 0.717) is 0 Å². The zero-order chi connectivity index (χ0) is 34.8. The topological polar surface area (TPSA) is 66.8 Å². The first-order valence-electron chi connectivity index (χ1n) is 12.5. The Labute approximate surface area is 286 Å². The summed E-state index contributed by atoms with van der Waals surface area (Å²) in [7, 11) is 0. The lowest BCUT2D eigenvalue weighted by Gasteiger charge is -1.98. The zero-order valence-electron chi connectivity index (χ0n) is 24.5. The third kappa shape index (κ3) is 19.3. The summed E-state index contributed by atoms with van der Waals surface area (Å²) in [5.74, 6) is -3.85. The monoisotopic (exact) mass is 902 g/mol. The first kappa shape index (κ1) is 34.5. The smallest absolute Gasteiger partial charge is 0.338 e. The minimum atomic E-state index is -2.69. The molecular formula is C25H25Br4Cl3F3O4P. The fourth-order valence-electron chi connectivity index (χ4n) is 2.04. The molecule has 0 radical (unpaired) electrons. The van der Waals surface area contributed by atoms with E-state index < -0.39 is 46.4 Å². The summed E-state index contributed by atoms with van der Waals surface area (Å²) < 4.78 is 71.5. The molecule has 3 aromatic carbocycles. The maximum atomic E-state index is 13.1. The van der Waals surface area contributed by atoms with Gasteiger partial charge in [-0.2, -0.15) is 0 Å². The minimum absolute atomic E-state index is 0.0733. The molecule has 0 saturated carbocycles. The lowest BCUT2D eigenvalue weighted by molar-refractivity contribution is 0.0692. The van der Waals surface area contributed by atoms with Crippen molar-refractivity contribution >= 4 is 107 Å². The van der Waals surface area contributed by atoms with Gasteiger partial charge in [-0.15, -0.1) is 0 Å². The van der Waals surface area contributed by atoms with E-state index in [9.17, 15) is 18.0 Å². The molecule has 4 nitrogen and oxygen atoms in total. The van der Waals surface area contributed by atoms with E-state index in [-0.39, 0.29) is 24.7 Å². The summed E-state index contributed by atoms with van der Waals surface area (Å²) in [4.78, 5) is 10.3. The second kappa shape index (κ2) is 25.5. The van der Waals surface area contributed by atoms with Gasteiger partial charge in [0.1, 0.15) is 15.7 Å². The average molecular weight is 907 g/mol. The molecule has 0 aromatic heterocycles. The highest BCUT2D eigenvalue weighted by Crippen LogP contribution is 2.59. The molecule has 0 saturated heterocycles. The summed E-state index contributed by atoms with van der Waals surface area (Å²) in [5, 5.41) is 14.9. The van der Waals surface area contributed by atoms with Crippen molar-refractivity contribution < 1.29 is 38.4 Å². The summed E-state index contributed by atoms with van der Waals surface area (Å²) in [6, 6.07) is 11.8. The van der Waals surface area contributed by atoms with E-state index in [1.807, 2.05) is 13.8 Å². The van der Waals surface area contributed by atoms with Crippen molar-refractivity contribution in [3.05, 3.63) is 104 Å². The Kier molecular flexibility index (Phi) is 22.1. The molecule has 224 valence electrons. The Morgan fingerprint density at radius 2 is 1.23 bits per heavy atom. The number of hydrogen-bond acceptors (Lipinski definition) is 3. The lowest BCUT2D eigenvalue weighted by atomic mass is 10.2. The van der Waals surface area contributed by atoms with E-state index in [4.69, 9.17) is 55.2 Å². The Morgan fingerprint density at radius 1 is 0.850 bits per heavy atom. The number of halogens is 10. The highest BCUT2D eigenvalue weighted by molar-refractivity contribution is 9.93. The van der Waals surface area contributed by atoms with Crippen molar-refractivity contribution in [3.63, 3.8) is 0 Å². The molecule has 0 aliphatic carbocycles. The van der Waals surface area contributed by atoms with Gasteiger partial charge in [0.2, 0.25) is 0 Å². The molecular weight excluding hydrogens is 878 g/mol. The largest absolute Gasteiger partial charge is 0.478 e. The fraction of sp³-hybridized carbons (Fsp3) is 0.240. The third-order valence-electron chi connectivity index (χ3n) is 3.72. The van der Waals surface area contributed by atoms with Crippen LogP contribution < -0.4 is 0 Å². The molecule has 0 atom stereocenters. The van der Waals surface area contributed by atoms with Crippen LogP contribution in [0.4, 0.5) is 13.2 Å². The summed E-state index contributed by atoms with van der Waals surface area (Å²) in [6.45, 7) is 2.98. The van der Waals surface area contributed by atoms with Crippen LogP contribution in [0.25, 0.3) is 0 Å². The van der Waals surface area contributed by atoms with Crippen molar-refractivity contribution in [2.75, 3.05) is 13.2 Å². The van der Waals surface area contributed by atoms with Crippen molar-refractivity contribution in [2.24, 2.45) is 0 Å². The molecule has 0 bridgehead atoms. The van der Waals surface area contributed by atoms with Crippen LogP contribution in [-0.4, -0.2) is 29.4 Å². The Bertz CT molecular complexity index is 1250. The van der Waals surface area contributed by atoms with Gasteiger partial charge in [-0.3, -0.25) is 0 Å². The third-order valence-corrected chi connectivity index (χ3v) is 5.02. The number of benzene rings is 3. The van der Waals surface area contributed by atoms with Crippen LogP contribution in [0.15, 0.2) is 54.6 Å². The van der Waals surface area contributed by atoms with E-state index in [1.165, 1.54) is 42.5 Å².